The summed E-state index contributed by atoms with van der Waals surface area (Å²) in [6.45, 7) is 10.1. The molecular formula is C15H21BrN2O. The maximum absolute atomic E-state index is 12.5. The minimum atomic E-state index is 0.142. The maximum Gasteiger partial charge on any atom is 0.253 e. The predicted molar refractivity (Wildman–Crippen MR) is 81.5 cm³/mol. The third kappa shape index (κ3) is 3.18. The van der Waals surface area contributed by atoms with Gasteiger partial charge in [0.1, 0.15) is 0 Å². The summed E-state index contributed by atoms with van der Waals surface area (Å²) in [6, 6.07) is 6.27. The molecule has 4 heteroatoms. The monoisotopic (exact) mass is 324 g/mol. The number of piperazine rings is 1. The zero-order chi connectivity index (χ0) is 14.0. The SMILES string of the molecule is CCN1CCN(C(=O)c2ccc(C)c(Br)c2)CC1C. The number of carbonyl (C=O) groups is 1. The first-order chi connectivity index (χ1) is 9.02. The molecule has 1 fully saturated rings. The van der Waals surface area contributed by atoms with Crippen LogP contribution in [0, 0.1) is 6.92 Å². The summed E-state index contributed by atoms with van der Waals surface area (Å²) in [5, 5.41) is 0. The number of carbonyl (C=O) groups excluding carboxylic acids is 1. The van der Waals surface area contributed by atoms with Gasteiger partial charge in [-0.15, -0.1) is 0 Å². The zero-order valence-electron chi connectivity index (χ0n) is 11.8. The lowest BCUT2D eigenvalue weighted by Gasteiger charge is -2.39. The second-order valence-electron chi connectivity index (χ2n) is 5.19. The zero-order valence-corrected chi connectivity index (χ0v) is 13.4. The van der Waals surface area contributed by atoms with Crippen molar-refractivity contribution < 1.29 is 4.79 Å². The van der Waals surface area contributed by atoms with Crippen molar-refractivity contribution in [2.24, 2.45) is 0 Å². The molecule has 1 aliphatic rings. The van der Waals surface area contributed by atoms with Crippen LogP contribution in [0.1, 0.15) is 29.8 Å². The molecule has 1 heterocycles. The van der Waals surface area contributed by atoms with E-state index < -0.39 is 0 Å². The Kier molecular flexibility index (Phi) is 4.63. The van der Waals surface area contributed by atoms with Crippen molar-refractivity contribution in [3.63, 3.8) is 0 Å². The van der Waals surface area contributed by atoms with E-state index in [1.54, 1.807) is 0 Å². The van der Waals surface area contributed by atoms with Crippen LogP contribution < -0.4 is 0 Å². The molecule has 1 aromatic rings. The first-order valence-electron chi connectivity index (χ1n) is 6.82. The van der Waals surface area contributed by atoms with Crippen molar-refractivity contribution in [2.75, 3.05) is 26.2 Å². The molecule has 1 saturated heterocycles. The Morgan fingerprint density at radius 3 is 2.74 bits per heavy atom. The van der Waals surface area contributed by atoms with Crippen LogP contribution in [0.5, 0.6) is 0 Å². The summed E-state index contributed by atoms with van der Waals surface area (Å²) in [5.74, 6) is 0.142. The van der Waals surface area contributed by atoms with E-state index in [9.17, 15) is 4.79 Å². The number of nitrogens with zero attached hydrogens (tertiary/aromatic N) is 2. The van der Waals surface area contributed by atoms with Gasteiger partial charge in [-0.3, -0.25) is 9.69 Å². The average molecular weight is 325 g/mol. The highest BCUT2D eigenvalue weighted by molar-refractivity contribution is 9.10. The van der Waals surface area contributed by atoms with E-state index in [0.29, 0.717) is 6.04 Å². The Labute approximate surface area is 123 Å². The van der Waals surface area contributed by atoms with Gasteiger partial charge in [-0.05, 0) is 38.1 Å². The summed E-state index contributed by atoms with van der Waals surface area (Å²) in [6.07, 6.45) is 0. The largest absolute Gasteiger partial charge is 0.336 e. The molecule has 0 N–H and O–H groups in total. The standard InChI is InChI=1S/C15H21BrN2O/c1-4-17-7-8-18(10-12(17)3)15(19)13-6-5-11(2)14(16)9-13/h5-6,9,12H,4,7-8,10H2,1-3H3. The van der Waals surface area contributed by atoms with E-state index in [2.05, 4.69) is 34.7 Å². The normalized spacial score (nSPS) is 20.6. The molecule has 1 aliphatic heterocycles. The van der Waals surface area contributed by atoms with Crippen molar-refractivity contribution in [1.29, 1.82) is 0 Å². The Balaban J connectivity index is 2.10. The molecule has 0 aromatic heterocycles. The number of aryl methyl sites for hydroxylation is 1. The molecule has 1 amide bonds. The molecule has 2 rings (SSSR count). The summed E-state index contributed by atoms with van der Waals surface area (Å²) in [5.41, 5.74) is 1.93. The second kappa shape index (κ2) is 6.06. The number of hydrogen-bond acceptors (Lipinski definition) is 2. The number of halogens is 1. The van der Waals surface area contributed by atoms with Crippen LogP contribution in [0.4, 0.5) is 0 Å². The van der Waals surface area contributed by atoms with Gasteiger partial charge in [-0.2, -0.15) is 0 Å². The molecule has 0 radical (unpaired) electrons. The number of benzene rings is 1. The van der Waals surface area contributed by atoms with Crippen LogP contribution >= 0.6 is 15.9 Å². The Morgan fingerprint density at radius 1 is 1.42 bits per heavy atom. The Hall–Kier alpha value is -0.870. The fourth-order valence-electron chi connectivity index (χ4n) is 2.56. The van der Waals surface area contributed by atoms with Gasteiger partial charge in [0, 0.05) is 35.7 Å². The molecule has 104 valence electrons. The van der Waals surface area contributed by atoms with Gasteiger partial charge in [-0.25, -0.2) is 0 Å². The Morgan fingerprint density at radius 2 is 2.16 bits per heavy atom. The van der Waals surface area contributed by atoms with Crippen LogP contribution in [0.3, 0.4) is 0 Å². The van der Waals surface area contributed by atoms with E-state index >= 15 is 0 Å². The Bertz CT molecular complexity index is 475. The predicted octanol–water partition coefficient (Wildman–Crippen LogP) is 2.92. The van der Waals surface area contributed by atoms with E-state index in [1.165, 1.54) is 0 Å². The minimum Gasteiger partial charge on any atom is -0.336 e. The molecule has 0 bridgehead atoms. The molecule has 3 nitrogen and oxygen atoms in total. The summed E-state index contributed by atoms with van der Waals surface area (Å²) in [4.78, 5) is 16.9. The van der Waals surface area contributed by atoms with Gasteiger partial charge in [0.2, 0.25) is 0 Å². The molecule has 0 spiro atoms. The second-order valence-corrected chi connectivity index (χ2v) is 6.05. The summed E-state index contributed by atoms with van der Waals surface area (Å²) < 4.78 is 0.999. The van der Waals surface area contributed by atoms with E-state index in [0.717, 1.165) is 41.8 Å². The highest BCUT2D eigenvalue weighted by atomic mass is 79.9. The van der Waals surface area contributed by atoms with Crippen molar-refractivity contribution in [3.8, 4) is 0 Å². The maximum atomic E-state index is 12.5. The summed E-state index contributed by atoms with van der Waals surface area (Å²) >= 11 is 3.49. The topological polar surface area (TPSA) is 23.6 Å². The van der Waals surface area contributed by atoms with Crippen LogP contribution in [0.2, 0.25) is 0 Å². The van der Waals surface area contributed by atoms with Crippen LogP contribution in [-0.2, 0) is 0 Å². The quantitative estimate of drug-likeness (QED) is 0.835. The van der Waals surface area contributed by atoms with Gasteiger partial charge in [0.25, 0.3) is 5.91 Å². The van der Waals surface area contributed by atoms with E-state index in [4.69, 9.17) is 0 Å². The number of amides is 1. The number of hydrogen-bond donors (Lipinski definition) is 0. The van der Waals surface area contributed by atoms with Gasteiger partial charge in [0.05, 0.1) is 0 Å². The van der Waals surface area contributed by atoms with Gasteiger partial charge in [-0.1, -0.05) is 28.9 Å². The van der Waals surface area contributed by atoms with E-state index in [-0.39, 0.29) is 5.91 Å². The fraction of sp³-hybridized carbons (Fsp3) is 0.533. The van der Waals surface area contributed by atoms with E-state index in [1.807, 2.05) is 30.0 Å². The van der Waals surface area contributed by atoms with Crippen LogP contribution in [0.15, 0.2) is 22.7 Å². The van der Waals surface area contributed by atoms with Crippen molar-refractivity contribution >= 4 is 21.8 Å². The van der Waals surface area contributed by atoms with Gasteiger partial charge >= 0.3 is 0 Å². The lowest BCUT2D eigenvalue weighted by Crippen LogP contribution is -2.53. The molecule has 19 heavy (non-hydrogen) atoms. The van der Waals surface area contributed by atoms with Crippen molar-refractivity contribution in [3.05, 3.63) is 33.8 Å². The van der Waals surface area contributed by atoms with Gasteiger partial charge in [0.15, 0.2) is 0 Å². The van der Waals surface area contributed by atoms with Gasteiger partial charge < -0.3 is 4.90 Å². The number of rotatable bonds is 2. The molecule has 0 saturated carbocycles. The molecule has 1 unspecified atom stereocenters. The average Bonchev–Trinajstić information content (AvgIpc) is 2.41. The molecule has 0 aliphatic carbocycles. The fourth-order valence-corrected chi connectivity index (χ4v) is 2.94. The molecule has 1 atom stereocenters. The smallest absolute Gasteiger partial charge is 0.253 e. The first kappa shape index (κ1) is 14.5. The number of likely N-dealkylation sites (N-methyl/N-ethyl adjacent to an activating group) is 1. The lowest BCUT2D eigenvalue weighted by atomic mass is 10.1. The summed E-state index contributed by atoms with van der Waals surface area (Å²) in [7, 11) is 0. The third-order valence-corrected chi connectivity index (χ3v) is 4.73. The minimum absolute atomic E-state index is 0.142. The van der Waals surface area contributed by atoms with Crippen molar-refractivity contribution in [2.45, 2.75) is 26.8 Å². The lowest BCUT2D eigenvalue weighted by molar-refractivity contribution is 0.0528. The third-order valence-electron chi connectivity index (χ3n) is 3.88. The highest BCUT2D eigenvalue weighted by Gasteiger charge is 2.26. The van der Waals surface area contributed by atoms with Crippen LogP contribution in [-0.4, -0.2) is 47.9 Å². The first-order valence-corrected chi connectivity index (χ1v) is 7.61. The molecular weight excluding hydrogens is 304 g/mol. The highest BCUT2D eigenvalue weighted by Crippen LogP contribution is 2.20. The molecule has 1 aromatic carbocycles. The van der Waals surface area contributed by atoms with Crippen molar-refractivity contribution in [1.82, 2.24) is 9.80 Å². The van der Waals surface area contributed by atoms with Crippen LogP contribution in [0.25, 0.3) is 0 Å².